The lowest BCUT2D eigenvalue weighted by Gasteiger charge is -2.13. The summed E-state index contributed by atoms with van der Waals surface area (Å²) in [7, 11) is 0. The van der Waals surface area contributed by atoms with Gasteiger partial charge in [-0.2, -0.15) is 0 Å². The Kier molecular flexibility index (Phi) is 9.11. The lowest BCUT2D eigenvalue weighted by molar-refractivity contribution is 0.108. The van der Waals surface area contributed by atoms with E-state index in [0.717, 1.165) is 35.8 Å². The molecule has 2 aromatic carbocycles. The highest BCUT2D eigenvalue weighted by Crippen LogP contribution is 2.17. The van der Waals surface area contributed by atoms with Gasteiger partial charge in [0.25, 0.3) is 5.24 Å². The topological polar surface area (TPSA) is 26.3 Å². The SMILES string of the molecule is CC(C)CCCC(C)CCOc1ccc(C#Cc2ccc(C(=O)Cl)cc2)cc1. The second-order valence-electron chi connectivity index (χ2n) is 7.69. The molecule has 0 bridgehead atoms. The van der Waals surface area contributed by atoms with Gasteiger partial charge in [-0.1, -0.05) is 51.9 Å². The molecule has 0 aliphatic heterocycles. The van der Waals surface area contributed by atoms with Crippen LogP contribution in [-0.4, -0.2) is 11.8 Å². The van der Waals surface area contributed by atoms with E-state index in [-0.39, 0.29) is 0 Å². The molecule has 1 atom stereocenters. The van der Waals surface area contributed by atoms with Gasteiger partial charge in [0.1, 0.15) is 5.75 Å². The van der Waals surface area contributed by atoms with Crippen LogP contribution in [-0.2, 0) is 0 Å². The van der Waals surface area contributed by atoms with Crippen molar-refractivity contribution in [2.75, 3.05) is 6.61 Å². The van der Waals surface area contributed by atoms with E-state index in [4.69, 9.17) is 16.3 Å². The molecule has 28 heavy (non-hydrogen) atoms. The fourth-order valence-electron chi connectivity index (χ4n) is 2.86. The number of hydrogen-bond donors (Lipinski definition) is 0. The minimum atomic E-state index is -0.458. The number of carbonyl (C=O) groups excluding carboxylic acids is 1. The van der Waals surface area contributed by atoms with Gasteiger partial charge in [-0.3, -0.25) is 4.79 Å². The van der Waals surface area contributed by atoms with E-state index >= 15 is 0 Å². The van der Waals surface area contributed by atoms with E-state index < -0.39 is 5.24 Å². The zero-order valence-electron chi connectivity index (χ0n) is 17.0. The summed E-state index contributed by atoms with van der Waals surface area (Å²) in [5.74, 6) is 8.58. The summed E-state index contributed by atoms with van der Waals surface area (Å²) >= 11 is 5.44. The zero-order chi connectivity index (χ0) is 20.4. The first-order chi connectivity index (χ1) is 13.4. The van der Waals surface area contributed by atoms with Crippen LogP contribution in [0.4, 0.5) is 0 Å². The number of hydrogen-bond acceptors (Lipinski definition) is 2. The molecule has 0 saturated carbocycles. The number of ether oxygens (including phenoxy) is 1. The lowest BCUT2D eigenvalue weighted by Crippen LogP contribution is -2.04. The molecular formula is C25H29ClO2. The van der Waals surface area contributed by atoms with Gasteiger partial charge in [-0.15, -0.1) is 0 Å². The maximum absolute atomic E-state index is 11.1. The quantitative estimate of drug-likeness (QED) is 0.348. The molecule has 3 heteroatoms. The molecule has 0 amide bonds. The van der Waals surface area contributed by atoms with Crippen LogP contribution in [0.3, 0.4) is 0 Å². The molecule has 2 rings (SSSR count). The summed E-state index contributed by atoms with van der Waals surface area (Å²) < 4.78 is 5.86. The second-order valence-corrected chi connectivity index (χ2v) is 8.04. The van der Waals surface area contributed by atoms with Gasteiger partial charge < -0.3 is 4.74 Å². The average molecular weight is 397 g/mol. The van der Waals surface area contributed by atoms with Crippen molar-refractivity contribution in [3.8, 4) is 17.6 Å². The molecule has 2 aromatic rings. The molecule has 0 heterocycles. The van der Waals surface area contributed by atoms with Crippen LogP contribution in [0.1, 0.15) is 67.9 Å². The van der Waals surface area contributed by atoms with Crippen LogP contribution in [0.5, 0.6) is 5.75 Å². The average Bonchev–Trinajstić information content (AvgIpc) is 2.67. The van der Waals surface area contributed by atoms with Crippen LogP contribution < -0.4 is 4.74 Å². The molecule has 0 aliphatic rings. The number of halogens is 1. The standard InChI is InChI=1S/C25H29ClO2/c1-19(2)5-4-6-20(3)17-18-28-24-15-11-22(12-16-24)8-7-21-9-13-23(14-10-21)25(26)27/h9-16,19-20H,4-6,17-18H2,1-3H3. The number of rotatable bonds is 9. The van der Waals surface area contributed by atoms with Crippen LogP contribution in [0.2, 0.25) is 0 Å². The first kappa shape index (κ1) is 22.1. The van der Waals surface area contributed by atoms with E-state index in [1.54, 1.807) is 24.3 Å². The predicted octanol–water partition coefficient (Wildman–Crippen LogP) is 6.70. The van der Waals surface area contributed by atoms with Crippen LogP contribution in [0, 0.1) is 23.7 Å². The van der Waals surface area contributed by atoms with Crippen molar-refractivity contribution in [3.05, 3.63) is 65.2 Å². The maximum Gasteiger partial charge on any atom is 0.252 e. The van der Waals surface area contributed by atoms with E-state index in [1.165, 1.54) is 19.3 Å². The third kappa shape index (κ3) is 8.19. The summed E-state index contributed by atoms with van der Waals surface area (Å²) in [6.45, 7) is 7.61. The Labute approximate surface area is 174 Å². The summed E-state index contributed by atoms with van der Waals surface area (Å²) in [6.07, 6.45) is 4.97. The zero-order valence-corrected chi connectivity index (χ0v) is 17.8. The molecule has 148 valence electrons. The molecule has 0 aliphatic carbocycles. The van der Waals surface area contributed by atoms with Gasteiger partial charge in [0, 0.05) is 16.7 Å². The number of carbonyl (C=O) groups is 1. The normalized spacial score (nSPS) is 11.6. The van der Waals surface area contributed by atoms with Crippen molar-refractivity contribution in [1.82, 2.24) is 0 Å². The minimum absolute atomic E-state index is 0.458. The van der Waals surface area contributed by atoms with Crippen molar-refractivity contribution < 1.29 is 9.53 Å². The predicted molar refractivity (Wildman–Crippen MR) is 117 cm³/mol. The Balaban J connectivity index is 1.78. The molecule has 0 aromatic heterocycles. The Hall–Kier alpha value is -2.24. The summed E-state index contributed by atoms with van der Waals surface area (Å²) in [4.78, 5) is 11.1. The Morgan fingerprint density at radius 3 is 2.00 bits per heavy atom. The van der Waals surface area contributed by atoms with E-state index in [9.17, 15) is 4.79 Å². The van der Waals surface area contributed by atoms with Crippen LogP contribution in [0.15, 0.2) is 48.5 Å². The first-order valence-corrected chi connectivity index (χ1v) is 10.4. The van der Waals surface area contributed by atoms with Gasteiger partial charge in [0.2, 0.25) is 0 Å². The lowest BCUT2D eigenvalue weighted by atomic mass is 9.98. The van der Waals surface area contributed by atoms with Crippen molar-refractivity contribution >= 4 is 16.8 Å². The molecule has 0 fully saturated rings. The molecule has 1 unspecified atom stereocenters. The first-order valence-electron chi connectivity index (χ1n) is 9.99. The fourth-order valence-corrected chi connectivity index (χ4v) is 2.99. The van der Waals surface area contributed by atoms with Gasteiger partial charge in [-0.25, -0.2) is 0 Å². The van der Waals surface area contributed by atoms with E-state index in [1.807, 2.05) is 24.3 Å². The fraction of sp³-hybridized carbons (Fsp3) is 0.400. The highest BCUT2D eigenvalue weighted by atomic mass is 35.5. The Bertz CT molecular complexity index is 795. The highest BCUT2D eigenvalue weighted by Gasteiger charge is 2.04. The van der Waals surface area contributed by atoms with Gasteiger partial charge in [-0.05, 0) is 78.4 Å². The van der Waals surface area contributed by atoms with Gasteiger partial charge in [0.05, 0.1) is 6.61 Å². The maximum atomic E-state index is 11.1. The molecule has 2 nitrogen and oxygen atoms in total. The summed E-state index contributed by atoms with van der Waals surface area (Å²) in [5, 5.41) is -0.458. The minimum Gasteiger partial charge on any atom is -0.494 e. The summed E-state index contributed by atoms with van der Waals surface area (Å²) in [5.41, 5.74) is 2.24. The molecule has 0 N–H and O–H groups in total. The Morgan fingerprint density at radius 1 is 0.893 bits per heavy atom. The molecule has 0 spiro atoms. The largest absolute Gasteiger partial charge is 0.494 e. The molecular weight excluding hydrogens is 368 g/mol. The third-order valence-electron chi connectivity index (χ3n) is 4.68. The van der Waals surface area contributed by atoms with Crippen molar-refractivity contribution in [2.45, 2.75) is 46.5 Å². The smallest absolute Gasteiger partial charge is 0.252 e. The Morgan fingerprint density at radius 2 is 1.46 bits per heavy atom. The summed E-state index contributed by atoms with van der Waals surface area (Å²) in [6, 6.07) is 14.8. The van der Waals surface area contributed by atoms with E-state index in [2.05, 4.69) is 32.6 Å². The van der Waals surface area contributed by atoms with Crippen LogP contribution in [0.25, 0.3) is 0 Å². The molecule has 0 saturated heterocycles. The monoisotopic (exact) mass is 396 g/mol. The molecule has 0 radical (unpaired) electrons. The highest BCUT2D eigenvalue weighted by molar-refractivity contribution is 6.67. The second kappa shape index (κ2) is 11.6. The van der Waals surface area contributed by atoms with Gasteiger partial charge >= 0.3 is 0 Å². The van der Waals surface area contributed by atoms with Crippen molar-refractivity contribution in [3.63, 3.8) is 0 Å². The van der Waals surface area contributed by atoms with Crippen LogP contribution >= 0.6 is 11.6 Å². The number of benzene rings is 2. The van der Waals surface area contributed by atoms with Gasteiger partial charge in [0.15, 0.2) is 0 Å². The van der Waals surface area contributed by atoms with Crippen molar-refractivity contribution in [2.24, 2.45) is 11.8 Å². The van der Waals surface area contributed by atoms with E-state index in [0.29, 0.717) is 11.5 Å². The third-order valence-corrected chi connectivity index (χ3v) is 4.89. The van der Waals surface area contributed by atoms with Crippen molar-refractivity contribution in [1.29, 1.82) is 0 Å².